The van der Waals surface area contributed by atoms with Crippen molar-refractivity contribution in [2.24, 2.45) is 0 Å². The second kappa shape index (κ2) is 8.68. The van der Waals surface area contributed by atoms with Crippen LogP contribution in [0.5, 0.6) is 0 Å². The fraction of sp³-hybridized carbons (Fsp3) is 0.391. The molecule has 1 unspecified atom stereocenters. The highest BCUT2D eigenvalue weighted by atomic mass is 32.2. The Morgan fingerprint density at radius 1 is 1.23 bits per heavy atom. The van der Waals surface area contributed by atoms with E-state index >= 15 is 0 Å². The standard InChI is InChI=1S/C23H26N2O4S2/c1-4-31(27,28)19-9-5-7-17(13-19)22(26)25(14-18-8-6-12-29-18)23-24-20-15(2)10-11-16(3)21(20)30-23/h5,7,9-11,13,18H,4,6,8,12,14H2,1-3H3. The molecule has 2 aromatic carbocycles. The molecule has 164 valence electrons. The number of anilines is 1. The van der Waals surface area contributed by atoms with Gasteiger partial charge in [0.1, 0.15) is 0 Å². The molecular formula is C23H26N2O4S2. The lowest BCUT2D eigenvalue weighted by Crippen LogP contribution is -2.37. The number of ether oxygens (including phenoxy) is 1. The number of benzene rings is 2. The predicted molar refractivity (Wildman–Crippen MR) is 124 cm³/mol. The SMILES string of the molecule is CCS(=O)(=O)c1cccc(C(=O)N(CC2CCCO2)c2nc3c(C)ccc(C)c3s2)c1. The normalized spacial score (nSPS) is 16.7. The first kappa shape index (κ1) is 21.9. The fourth-order valence-corrected chi connectivity index (χ4v) is 5.79. The number of aromatic nitrogens is 1. The van der Waals surface area contributed by atoms with Crippen LogP contribution in [0, 0.1) is 13.8 Å². The summed E-state index contributed by atoms with van der Waals surface area (Å²) < 4.78 is 31.5. The van der Waals surface area contributed by atoms with Crippen molar-refractivity contribution in [2.75, 3.05) is 23.8 Å². The summed E-state index contributed by atoms with van der Waals surface area (Å²) in [5.41, 5.74) is 3.40. The number of hydrogen-bond acceptors (Lipinski definition) is 6. The lowest BCUT2D eigenvalue weighted by atomic mass is 10.1. The van der Waals surface area contributed by atoms with Gasteiger partial charge in [-0.05, 0) is 56.0 Å². The third kappa shape index (κ3) is 4.37. The molecule has 1 aliphatic rings. The van der Waals surface area contributed by atoms with Gasteiger partial charge in [0.25, 0.3) is 5.91 Å². The highest BCUT2D eigenvalue weighted by Crippen LogP contribution is 2.34. The molecule has 0 N–H and O–H groups in total. The molecule has 0 spiro atoms. The molecule has 1 aromatic heterocycles. The Balaban J connectivity index is 1.77. The van der Waals surface area contributed by atoms with Crippen LogP contribution in [0.1, 0.15) is 41.3 Å². The number of nitrogens with zero attached hydrogens (tertiary/aromatic N) is 2. The van der Waals surface area contributed by atoms with Crippen LogP contribution in [0.3, 0.4) is 0 Å². The van der Waals surface area contributed by atoms with Gasteiger partial charge >= 0.3 is 0 Å². The molecule has 0 radical (unpaired) electrons. The van der Waals surface area contributed by atoms with Crippen LogP contribution < -0.4 is 4.90 Å². The maximum Gasteiger partial charge on any atom is 0.260 e. The molecule has 1 saturated heterocycles. The summed E-state index contributed by atoms with van der Waals surface area (Å²) in [6, 6.07) is 10.4. The van der Waals surface area contributed by atoms with Crippen LogP contribution in [-0.4, -0.2) is 44.3 Å². The highest BCUT2D eigenvalue weighted by Gasteiger charge is 2.28. The lowest BCUT2D eigenvalue weighted by Gasteiger charge is -2.23. The van der Waals surface area contributed by atoms with Crippen LogP contribution in [0.15, 0.2) is 41.3 Å². The number of thiazole rings is 1. The summed E-state index contributed by atoms with van der Waals surface area (Å²) in [5, 5.41) is 0.608. The van der Waals surface area contributed by atoms with Gasteiger partial charge in [0.2, 0.25) is 0 Å². The maximum absolute atomic E-state index is 13.6. The van der Waals surface area contributed by atoms with Crippen molar-refractivity contribution in [1.82, 2.24) is 4.98 Å². The topological polar surface area (TPSA) is 76.6 Å². The predicted octanol–water partition coefficient (Wildman–Crippen LogP) is 4.53. The molecule has 2 heterocycles. The number of rotatable bonds is 6. The van der Waals surface area contributed by atoms with Gasteiger partial charge in [-0.2, -0.15) is 0 Å². The van der Waals surface area contributed by atoms with Gasteiger partial charge in [0.05, 0.1) is 33.5 Å². The van der Waals surface area contributed by atoms with Gasteiger partial charge in [-0.1, -0.05) is 36.5 Å². The number of fused-ring (bicyclic) bond motifs is 1. The Labute approximate surface area is 186 Å². The first-order valence-corrected chi connectivity index (χ1v) is 12.9. The van der Waals surface area contributed by atoms with E-state index in [0.29, 0.717) is 23.8 Å². The van der Waals surface area contributed by atoms with Crippen molar-refractivity contribution in [3.8, 4) is 0 Å². The van der Waals surface area contributed by atoms with E-state index in [1.807, 2.05) is 19.9 Å². The molecule has 1 aliphatic heterocycles. The average Bonchev–Trinajstić information content (AvgIpc) is 3.45. The molecule has 8 heteroatoms. The molecule has 1 amide bonds. The van der Waals surface area contributed by atoms with Crippen molar-refractivity contribution in [3.63, 3.8) is 0 Å². The zero-order valence-electron chi connectivity index (χ0n) is 17.9. The smallest absolute Gasteiger partial charge is 0.260 e. The van der Waals surface area contributed by atoms with Crippen molar-refractivity contribution >= 4 is 42.4 Å². The summed E-state index contributed by atoms with van der Waals surface area (Å²) in [7, 11) is -3.41. The second-order valence-corrected chi connectivity index (χ2v) is 11.1. The van der Waals surface area contributed by atoms with Gasteiger partial charge in [0.15, 0.2) is 15.0 Å². The van der Waals surface area contributed by atoms with Gasteiger partial charge in [-0.25, -0.2) is 13.4 Å². The minimum atomic E-state index is -3.41. The summed E-state index contributed by atoms with van der Waals surface area (Å²) in [6.07, 6.45) is 1.80. The highest BCUT2D eigenvalue weighted by molar-refractivity contribution is 7.91. The minimum Gasteiger partial charge on any atom is -0.376 e. The van der Waals surface area contributed by atoms with Crippen molar-refractivity contribution in [3.05, 3.63) is 53.1 Å². The molecule has 31 heavy (non-hydrogen) atoms. The van der Waals surface area contributed by atoms with E-state index in [4.69, 9.17) is 9.72 Å². The van der Waals surface area contributed by atoms with E-state index in [9.17, 15) is 13.2 Å². The summed E-state index contributed by atoms with van der Waals surface area (Å²) in [6.45, 7) is 6.72. The molecule has 1 fully saturated rings. The van der Waals surface area contributed by atoms with Gasteiger partial charge < -0.3 is 4.74 Å². The number of carbonyl (C=O) groups excluding carboxylic acids is 1. The van der Waals surface area contributed by atoms with Crippen LogP contribution in [0.25, 0.3) is 10.2 Å². The van der Waals surface area contributed by atoms with Crippen LogP contribution in [0.4, 0.5) is 5.13 Å². The first-order valence-electron chi connectivity index (χ1n) is 10.4. The lowest BCUT2D eigenvalue weighted by molar-refractivity contribution is 0.0917. The monoisotopic (exact) mass is 458 g/mol. The van der Waals surface area contributed by atoms with Crippen LogP contribution in [-0.2, 0) is 14.6 Å². The Morgan fingerprint density at radius 3 is 2.68 bits per heavy atom. The number of hydrogen-bond donors (Lipinski definition) is 0. The third-order valence-corrected chi connectivity index (χ3v) is 8.58. The molecule has 3 aromatic rings. The Kier molecular flexibility index (Phi) is 6.14. The number of sulfone groups is 1. The number of amides is 1. The molecule has 4 rings (SSSR count). The van der Waals surface area contributed by atoms with Crippen LogP contribution >= 0.6 is 11.3 Å². The van der Waals surface area contributed by atoms with E-state index < -0.39 is 9.84 Å². The molecule has 0 saturated carbocycles. The van der Waals surface area contributed by atoms with Crippen molar-refractivity contribution < 1.29 is 17.9 Å². The Morgan fingerprint density at radius 2 is 2.00 bits per heavy atom. The number of aryl methyl sites for hydroxylation is 2. The summed E-state index contributed by atoms with van der Waals surface area (Å²) in [4.78, 5) is 20.2. The summed E-state index contributed by atoms with van der Waals surface area (Å²) >= 11 is 1.49. The third-order valence-electron chi connectivity index (χ3n) is 5.64. The van der Waals surface area contributed by atoms with Crippen molar-refractivity contribution in [2.45, 2.75) is 44.6 Å². The van der Waals surface area contributed by atoms with Gasteiger partial charge in [-0.3, -0.25) is 9.69 Å². The second-order valence-electron chi connectivity index (χ2n) is 7.86. The van der Waals surface area contributed by atoms with E-state index in [0.717, 1.165) is 34.2 Å². The zero-order valence-corrected chi connectivity index (χ0v) is 19.6. The zero-order chi connectivity index (χ0) is 22.2. The average molecular weight is 459 g/mol. The van der Waals surface area contributed by atoms with E-state index in [2.05, 4.69) is 6.07 Å². The molecule has 1 atom stereocenters. The van der Waals surface area contributed by atoms with E-state index in [1.54, 1.807) is 24.0 Å². The largest absolute Gasteiger partial charge is 0.376 e. The quantitative estimate of drug-likeness (QED) is 0.542. The summed E-state index contributed by atoms with van der Waals surface area (Å²) in [5.74, 6) is -0.279. The minimum absolute atomic E-state index is 0.0132. The van der Waals surface area contributed by atoms with E-state index in [1.165, 1.54) is 23.5 Å². The van der Waals surface area contributed by atoms with Crippen LogP contribution in [0.2, 0.25) is 0 Å². The Hall–Kier alpha value is -2.29. The van der Waals surface area contributed by atoms with Gasteiger partial charge in [0, 0.05) is 12.2 Å². The maximum atomic E-state index is 13.6. The van der Waals surface area contributed by atoms with Crippen molar-refractivity contribution in [1.29, 1.82) is 0 Å². The Bertz CT molecular complexity index is 1190. The molecular weight excluding hydrogens is 432 g/mol. The van der Waals surface area contributed by atoms with Gasteiger partial charge in [-0.15, -0.1) is 0 Å². The molecule has 0 aliphatic carbocycles. The molecule has 6 nitrogen and oxygen atoms in total. The molecule has 0 bridgehead atoms. The first-order chi connectivity index (χ1) is 14.8. The fourth-order valence-electron chi connectivity index (χ4n) is 3.75. The number of carbonyl (C=O) groups is 1. The van der Waals surface area contributed by atoms with E-state index in [-0.39, 0.29) is 22.7 Å².